The van der Waals surface area contributed by atoms with E-state index in [1.165, 1.54) is 0 Å². The third-order valence-corrected chi connectivity index (χ3v) is 2.27. The Morgan fingerprint density at radius 1 is 1.64 bits per heavy atom. The van der Waals surface area contributed by atoms with Crippen LogP contribution in [0.1, 0.15) is 5.69 Å². The van der Waals surface area contributed by atoms with E-state index >= 15 is 0 Å². The molecule has 0 saturated heterocycles. The molecule has 14 heavy (non-hydrogen) atoms. The van der Waals surface area contributed by atoms with Gasteiger partial charge in [-0.1, -0.05) is 0 Å². The maximum Gasteiger partial charge on any atom is 0.309 e. The van der Waals surface area contributed by atoms with Crippen LogP contribution in [0.3, 0.4) is 0 Å². The zero-order chi connectivity index (χ0) is 10.1. The van der Waals surface area contributed by atoms with Crippen molar-refractivity contribution in [2.24, 2.45) is 0 Å². The van der Waals surface area contributed by atoms with Crippen LogP contribution in [-0.4, -0.2) is 25.4 Å². The highest BCUT2D eigenvalue weighted by Crippen LogP contribution is 2.14. The van der Waals surface area contributed by atoms with Crippen molar-refractivity contribution in [3.63, 3.8) is 0 Å². The molecule has 0 spiro atoms. The predicted molar refractivity (Wildman–Crippen MR) is 52.0 cm³/mol. The number of carbonyl (C=O) groups is 1. The van der Waals surface area contributed by atoms with Gasteiger partial charge in [0.05, 0.1) is 12.1 Å². The first kappa shape index (κ1) is 9.14. The molecular weight excluding hydrogens is 250 g/mol. The van der Waals surface area contributed by atoms with E-state index in [0.29, 0.717) is 15.9 Å². The van der Waals surface area contributed by atoms with Crippen molar-refractivity contribution in [3.05, 3.63) is 28.9 Å². The first-order chi connectivity index (χ1) is 6.66. The Kier molecular flexibility index (Phi) is 2.20. The number of carboxylic acid groups (broad SMARTS) is 1. The molecule has 2 aromatic heterocycles. The Morgan fingerprint density at radius 2 is 2.43 bits per heavy atom. The number of fused-ring (bicyclic) bond motifs is 1. The molecule has 0 aliphatic heterocycles. The van der Waals surface area contributed by atoms with Crippen LogP contribution < -0.4 is 0 Å². The fourth-order valence-electron chi connectivity index (χ4n) is 1.18. The molecule has 2 rings (SSSR count). The van der Waals surface area contributed by atoms with E-state index in [4.69, 9.17) is 5.11 Å². The fraction of sp³-hybridized carbons (Fsp3) is 0.125. The standard InChI is InChI=1S/C8H6BrN3O2/c9-7-8-11-5(3-6(13)14)4-12(8)2-1-10-7/h1-2,4H,3H2,(H,13,14). The molecule has 72 valence electrons. The summed E-state index contributed by atoms with van der Waals surface area (Å²) in [4.78, 5) is 18.6. The van der Waals surface area contributed by atoms with Crippen molar-refractivity contribution in [1.29, 1.82) is 0 Å². The Morgan fingerprint density at radius 3 is 3.07 bits per heavy atom. The van der Waals surface area contributed by atoms with Crippen LogP contribution in [0.4, 0.5) is 0 Å². The summed E-state index contributed by atoms with van der Waals surface area (Å²) < 4.78 is 2.34. The summed E-state index contributed by atoms with van der Waals surface area (Å²) in [6.07, 6.45) is 4.94. The third-order valence-electron chi connectivity index (χ3n) is 1.71. The van der Waals surface area contributed by atoms with Crippen LogP contribution in [0.25, 0.3) is 5.65 Å². The third kappa shape index (κ3) is 1.60. The Balaban J connectivity index is 2.51. The molecule has 1 N–H and O–H groups in total. The zero-order valence-corrected chi connectivity index (χ0v) is 8.60. The van der Waals surface area contributed by atoms with Gasteiger partial charge >= 0.3 is 5.97 Å². The molecule has 0 aromatic carbocycles. The summed E-state index contributed by atoms with van der Waals surface area (Å²) in [6.45, 7) is 0. The molecule has 5 nitrogen and oxygen atoms in total. The van der Waals surface area contributed by atoms with Gasteiger partial charge in [-0.25, -0.2) is 9.97 Å². The number of aliphatic carboxylic acids is 1. The SMILES string of the molecule is O=C(O)Cc1cn2ccnc(Br)c2n1. The average molecular weight is 256 g/mol. The fourth-order valence-corrected chi connectivity index (χ4v) is 1.59. The van der Waals surface area contributed by atoms with Crippen molar-refractivity contribution in [2.75, 3.05) is 0 Å². The molecule has 0 fully saturated rings. The second kappa shape index (κ2) is 3.38. The molecule has 0 unspecified atom stereocenters. The quantitative estimate of drug-likeness (QED) is 0.874. The van der Waals surface area contributed by atoms with Gasteiger partial charge < -0.3 is 9.51 Å². The minimum atomic E-state index is -0.891. The minimum Gasteiger partial charge on any atom is -0.481 e. The second-order valence-corrected chi connectivity index (χ2v) is 3.50. The lowest BCUT2D eigenvalue weighted by atomic mass is 10.3. The molecule has 6 heteroatoms. The number of nitrogens with zero attached hydrogens (tertiary/aromatic N) is 3. The zero-order valence-electron chi connectivity index (χ0n) is 7.01. The highest BCUT2D eigenvalue weighted by molar-refractivity contribution is 9.10. The minimum absolute atomic E-state index is 0.0753. The van der Waals surface area contributed by atoms with Crippen LogP contribution in [-0.2, 0) is 11.2 Å². The van der Waals surface area contributed by atoms with E-state index in [9.17, 15) is 4.79 Å². The lowest BCUT2D eigenvalue weighted by Crippen LogP contribution is -1.99. The maximum absolute atomic E-state index is 10.5. The maximum atomic E-state index is 10.5. The van der Waals surface area contributed by atoms with Crippen LogP contribution in [0.5, 0.6) is 0 Å². The van der Waals surface area contributed by atoms with Crippen molar-refractivity contribution in [1.82, 2.24) is 14.4 Å². The topological polar surface area (TPSA) is 67.5 Å². The van der Waals surface area contributed by atoms with E-state index in [0.717, 1.165) is 0 Å². The molecule has 0 saturated carbocycles. The molecule has 0 radical (unpaired) electrons. The predicted octanol–water partition coefficient (Wildman–Crippen LogP) is 1.12. The number of halogens is 1. The average Bonchev–Trinajstić information content (AvgIpc) is 2.47. The first-order valence-corrected chi connectivity index (χ1v) is 4.66. The lowest BCUT2D eigenvalue weighted by molar-refractivity contribution is -0.136. The van der Waals surface area contributed by atoms with Gasteiger partial charge in [-0.05, 0) is 15.9 Å². The Labute approximate surface area is 87.5 Å². The number of rotatable bonds is 2. The van der Waals surface area contributed by atoms with Gasteiger partial charge in [0.2, 0.25) is 0 Å². The Hall–Kier alpha value is -1.43. The monoisotopic (exact) mass is 255 g/mol. The molecule has 0 aliphatic rings. The van der Waals surface area contributed by atoms with Gasteiger partial charge in [-0.15, -0.1) is 0 Å². The van der Waals surface area contributed by atoms with Gasteiger partial charge in [0.1, 0.15) is 4.60 Å². The highest BCUT2D eigenvalue weighted by Gasteiger charge is 2.07. The molecule has 0 amide bonds. The Bertz CT molecular complexity index is 494. The van der Waals surface area contributed by atoms with Crippen molar-refractivity contribution < 1.29 is 9.90 Å². The van der Waals surface area contributed by atoms with Crippen molar-refractivity contribution in [2.45, 2.75) is 6.42 Å². The van der Waals surface area contributed by atoms with Gasteiger partial charge in [0.15, 0.2) is 5.65 Å². The molecular formula is C8H6BrN3O2. The van der Waals surface area contributed by atoms with Gasteiger partial charge in [-0.3, -0.25) is 4.79 Å². The van der Waals surface area contributed by atoms with Crippen molar-refractivity contribution >= 4 is 27.5 Å². The van der Waals surface area contributed by atoms with E-state index in [2.05, 4.69) is 25.9 Å². The summed E-state index contributed by atoms with van der Waals surface area (Å²) in [5, 5.41) is 8.58. The van der Waals surface area contributed by atoms with Gasteiger partial charge in [0.25, 0.3) is 0 Å². The second-order valence-electron chi connectivity index (χ2n) is 2.75. The van der Waals surface area contributed by atoms with E-state index < -0.39 is 5.97 Å². The summed E-state index contributed by atoms with van der Waals surface area (Å²) in [7, 11) is 0. The summed E-state index contributed by atoms with van der Waals surface area (Å²) >= 11 is 3.23. The largest absolute Gasteiger partial charge is 0.481 e. The van der Waals surface area contributed by atoms with Gasteiger partial charge in [0, 0.05) is 18.6 Å². The number of hydrogen-bond acceptors (Lipinski definition) is 3. The number of carboxylic acids is 1. The normalized spacial score (nSPS) is 10.6. The molecule has 0 atom stereocenters. The van der Waals surface area contributed by atoms with Crippen LogP contribution >= 0.6 is 15.9 Å². The van der Waals surface area contributed by atoms with Crippen LogP contribution in [0.15, 0.2) is 23.2 Å². The summed E-state index contributed by atoms with van der Waals surface area (Å²) in [5.74, 6) is -0.891. The highest BCUT2D eigenvalue weighted by atomic mass is 79.9. The number of hydrogen-bond donors (Lipinski definition) is 1. The van der Waals surface area contributed by atoms with Crippen LogP contribution in [0, 0.1) is 0 Å². The summed E-state index contributed by atoms with van der Waals surface area (Å²) in [5.41, 5.74) is 1.15. The van der Waals surface area contributed by atoms with Crippen LogP contribution in [0.2, 0.25) is 0 Å². The molecule has 2 heterocycles. The molecule has 2 aromatic rings. The molecule has 0 bridgehead atoms. The first-order valence-electron chi connectivity index (χ1n) is 3.86. The van der Waals surface area contributed by atoms with E-state index in [-0.39, 0.29) is 6.42 Å². The van der Waals surface area contributed by atoms with Crippen molar-refractivity contribution in [3.8, 4) is 0 Å². The van der Waals surface area contributed by atoms with E-state index in [1.54, 1.807) is 23.0 Å². The molecule has 0 aliphatic carbocycles. The van der Waals surface area contributed by atoms with Gasteiger partial charge in [-0.2, -0.15) is 0 Å². The lowest BCUT2D eigenvalue weighted by Gasteiger charge is -1.91. The smallest absolute Gasteiger partial charge is 0.309 e. The number of aromatic nitrogens is 3. The van der Waals surface area contributed by atoms with E-state index in [1.807, 2.05) is 0 Å². The number of imidazole rings is 1. The summed E-state index contributed by atoms with van der Waals surface area (Å²) in [6, 6.07) is 0.